The average Bonchev–Trinajstić information content (AvgIpc) is 3.15. The minimum Gasteiger partial charge on any atom is -0.497 e. The van der Waals surface area contributed by atoms with Crippen LogP contribution in [0.25, 0.3) is 17.1 Å². The maximum atomic E-state index is 12.5. The number of ether oxygens (including phenoxy) is 1. The number of carbonyl (C=O) groups is 1. The first-order valence-corrected chi connectivity index (χ1v) is 9.86. The van der Waals surface area contributed by atoms with E-state index in [2.05, 4.69) is 10.2 Å². The molecule has 0 aliphatic carbocycles. The summed E-state index contributed by atoms with van der Waals surface area (Å²) in [5.41, 5.74) is 1.55. The van der Waals surface area contributed by atoms with E-state index in [4.69, 9.17) is 4.74 Å². The van der Waals surface area contributed by atoms with Crippen LogP contribution in [-0.4, -0.2) is 58.2 Å². The van der Waals surface area contributed by atoms with Crippen LogP contribution in [-0.2, 0) is 4.79 Å². The van der Waals surface area contributed by atoms with Crippen LogP contribution in [0.4, 0.5) is 13.2 Å². The van der Waals surface area contributed by atoms with Crippen LogP contribution in [0, 0.1) is 0 Å². The number of amides is 1. The Balaban J connectivity index is 1.89. The normalized spacial score (nSPS) is 11.4. The quantitative estimate of drug-likeness (QED) is 0.523. The molecule has 1 heterocycles. The number of hydrogen-bond acceptors (Lipinski definition) is 5. The van der Waals surface area contributed by atoms with Gasteiger partial charge in [0.05, 0.1) is 12.9 Å². The molecule has 0 fully saturated rings. The summed E-state index contributed by atoms with van der Waals surface area (Å²) in [4.78, 5) is 12.8. The monoisotopic (exact) mass is 436 g/mol. The molecule has 2 aromatic carbocycles. The Morgan fingerprint density at radius 1 is 1.10 bits per heavy atom. The SMILES string of the molecule is COc1ccc(-n2c(SCC(=O)N(C)CC(F)(F)F)nnc2-c2ccccc2)cc1. The molecule has 10 heteroatoms. The van der Waals surface area contributed by atoms with Crippen LogP contribution in [0.5, 0.6) is 5.75 Å². The second-order valence-electron chi connectivity index (χ2n) is 6.36. The van der Waals surface area contributed by atoms with Crippen molar-refractivity contribution in [2.45, 2.75) is 11.3 Å². The zero-order chi connectivity index (χ0) is 21.7. The lowest BCUT2D eigenvalue weighted by Gasteiger charge is -2.18. The van der Waals surface area contributed by atoms with Gasteiger partial charge in [-0.15, -0.1) is 10.2 Å². The first kappa shape index (κ1) is 21.7. The van der Waals surface area contributed by atoms with E-state index in [1.54, 1.807) is 23.8 Å². The molecule has 0 aliphatic heterocycles. The summed E-state index contributed by atoms with van der Waals surface area (Å²) >= 11 is 1.03. The van der Waals surface area contributed by atoms with Crippen molar-refractivity contribution in [2.75, 3.05) is 26.5 Å². The summed E-state index contributed by atoms with van der Waals surface area (Å²) in [6.07, 6.45) is -4.45. The fourth-order valence-electron chi connectivity index (χ4n) is 2.70. The topological polar surface area (TPSA) is 60.2 Å². The molecule has 30 heavy (non-hydrogen) atoms. The number of rotatable bonds is 7. The van der Waals surface area contributed by atoms with E-state index in [9.17, 15) is 18.0 Å². The van der Waals surface area contributed by atoms with Crippen molar-refractivity contribution in [3.63, 3.8) is 0 Å². The van der Waals surface area contributed by atoms with Crippen molar-refractivity contribution in [1.82, 2.24) is 19.7 Å². The largest absolute Gasteiger partial charge is 0.497 e. The number of aromatic nitrogens is 3. The van der Waals surface area contributed by atoms with E-state index in [0.29, 0.717) is 21.6 Å². The van der Waals surface area contributed by atoms with Gasteiger partial charge < -0.3 is 9.64 Å². The number of carbonyl (C=O) groups excluding carboxylic acids is 1. The molecule has 3 aromatic rings. The molecule has 0 radical (unpaired) electrons. The Labute approximate surface area is 175 Å². The zero-order valence-corrected chi connectivity index (χ0v) is 17.1. The predicted molar refractivity (Wildman–Crippen MR) is 108 cm³/mol. The number of benzene rings is 2. The molecule has 0 N–H and O–H groups in total. The molecule has 3 rings (SSSR count). The zero-order valence-electron chi connectivity index (χ0n) is 16.3. The van der Waals surface area contributed by atoms with Crippen LogP contribution in [0.2, 0.25) is 0 Å². The van der Waals surface area contributed by atoms with Gasteiger partial charge in [0.25, 0.3) is 0 Å². The minimum atomic E-state index is -4.45. The van der Waals surface area contributed by atoms with Gasteiger partial charge >= 0.3 is 6.18 Å². The Morgan fingerprint density at radius 2 is 1.77 bits per heavy atom. The van der Waals surface area contributed by atoms with E-state index < -0.39 is 18.6 Å². The van der Waals surface area contributed by atoms with Crippen LogP contribution in [0.1, 0.15) is 0 Å². The summed E-state index contributed by atoms with van der Waals surface area (Å²) < 4.78 is 44.5. The highest BCUT2D eigenvalue weighted by Gasteiger charge is 2.31. The van der Waals surface area contributed by atoms with E-state index >= 15 is 0 Å². The molecule has 0 aliphatic rings. The minimum absolute atomic E-state index is 0.199. The van der Waals surface area contributed by atoms with Gasteiger partial charge in [-0.1, -0.05) is 42.1 Å². The summed E-state index contributed by atoms with van der Waals surface area (Å²) in [5, 5.41) is 8.81. The van der Waals surface area contributed by atoms with Gasteiger partial charge in [-0.05, 0) is 24.3 Å². The maximum absolute atomic E-state index is 12.5. The molecule has 1 amide bonds. The standard InChI is InChI=1S/C20H19F3N4O2S/c1-26(13-20(21,22)23)17(28)12-30-19-25-24-18(14-6-4-3-5-7-14)27(19)15-8-10-16(29-2)11-9-15/h3-11H,12-13H2,1-2H3. The van der Waals surface area contributed by atoms with Crippen LogP contribution < -0.4 is 4.74 Å². The van der Waals surface area contributed by atoms with Crippen LogP contribution >= 0.6 is 11.8 Å². The van der Waals surface area contributed by atoms with Crippen molar-refractivity contribution < 1.29 is 22.7 Å². The van der Waals surface area contributed by atoms with Crippen LogP contribution in [0.3, 0.4) is 0 Å². The molecular weight excluding hydrogens is 417 g/mol. The lowest BCUT2D eigenvalue weighted by atomic mass is 10.2. The van der Waals surface area contributed by atoms with Gasteiger partial charge in [0, 0.05) is 18.3 Å². The molecule has 0 saturated carbocycles. The highest BCUT2D eigenvalue weighted by atomic mass is 32.2. The number of hydrogen-bond donors (Lipinski definition) is 0. The summed E-state index contributed by atoms with van der Waals surface area (Å²) in [5.74, 6) is 0.379. The van der Waals surface area contributed by atoms with Gasteiger partial charge in [-0.25, -0.2) is 0 Å². The first-order chi connectivity index (χ1) is 14.3. The Morgan fingerprint density at radius 3 is 2.37 bits per heavy atom. The third-order valence-corrected chi connectivity index (χ3v) is 5.08. The van der Waals surface area contributed by atoms with Crippen molar-refractivity contribution in [3.05, 3.63) is 54.6 Å². The number of halogens is 3. The van der Waals surface area contributed by atoms with Gasteiger partial charge in [0.1, 0.15) is 12.3 Å². The fourth-order valence-corrected chi connectivity index (χ4v) is 3.59. The van der Waals surface area contributed by atoms with Crippen molar-refractivity contribution >= 4 is 17.7 Å². The highest BCUT2D eigenvalue weighted by Crippen LogP contribution is 2.29. The van der Waals surface area contributed by atoms with Gasteiger partial charge in [0.15, 0.2) is 11.0 Å². The number of nitrogens with zero attached hydrogens (tertiary/aromatic N) is 4. The Hall–Kier alpha value is -3.01. The molecule has 0 atom stereocenters. The molecule has 0 unspecified atom stereocenters. The molecular formula is C20H19F3N4O2S. The molecule has 0 saturated heterocycles. The van der Waals surface area contributed by atoms with E-state index in [1.165, 1.54) is 0 Å². The van der Waals surface area contributed by atoms with Crippen molar-refractivity contribution in [3.8, 4) is 22.8 Å². The van der Waals surface area contributed by atoms with Gasteiger partial charge in [-0.3, -0.25) is 9.36 Å². The smallest absolute Gasteiger partial charge is 0.406 e. The van der Waals surface area contributed by atoms with E-state index in [-0.39, 0.29) is 5.75 Å². The summed E-state index contributed by atoms with van der Waals surface area (Å²) in [7, 11) is 2.69. The molecule has 0 bridgehead atoms. The van der Waals surface area contributed by atoms with Crippen molar-refractivity contribution in [1.29, 1.82) is 0 Å². The second kappa shape index (κ2) is 9.21. The second-order valence-corrected chi connectivity index (χ2v) is 7.30. The molecule has 158 valence electrons. The number of alkyl halides is 3. The lowest BCUT2D eigenvalue weighted by Crippen LogP contribution is -2.36. The predicted octanol–water partition coefficient (Wildman–Crippen LogP) is 4.06. The maximum Gasteiger partial charge on any atom is 0.406 e. The average molecular weight is 436 g/mol. The van der Waals surface area contributed by atoms with Crippen molar-refractivity contribution in [2.24, 2.45) is 0 Å². The van der Waals surface area contributed by atoms with E-state index in [1.807, 2.05) is 42.5 Å². The van der Waals surface area contributed by atoms with Gasteiger partial charge in [0.2, 0.25) is 5.91 Å². The molecule has 0 spiro atoms. The van der Waals surface area contributed by atoms with Crippen LogP contribution in [0.15, 0.2) is 59.8 Å². The summed E-state index contributed by atoms with van der Waals surface area (Å²) in [6.45, 7) is -1.30. The third-order valence-electron chi connectivity index (χ3n) is 4.16. The Bertz CT molecular complexity index is 992. The first-order valence-electron chi connectivity index (χ1n) is 8.87. The lowest BCUT2D eigenvalue weighted by molar-refractivity contribution is -0.156. The molecule has 6 nitrogen and oxygen atoms in total. The third kappa shape index (κ3) is 5.32. The fraction of sp³-hybridized carbons (Fsp3) is 0.250. The number of thioether (sulfide) groups is 1. The summed E-state index contributed by atoms with van der Waals surface area (Å²) in [6, 6.07) is 16.5. The Kier molecular flexibility index (Phi) is 6.66. The highest BCUT2D eigenvalue weighted by molar-refractivity contribution is 7.99. The molecule has 1 aromatic heterocycles. The van der Waals surface area contributed by atoms with E-state index in [0.717, 1.165) is 30.1 Å². The number of methoxy groups -OCH3 is 1. The van der Waals surface area contributed by atoms with Gasteiger partial charge in [-0.2, -0.15) is 13.2 Å².